The third kappa shape index (κ3) is 7.75. The Bertz CT molecular complexity index is 891. The monoisotopic (exact) mass is 438 g/mol. The van der Waals surface area contributed by atoms with Crippen molar-refractivity contribution in [1.82, 2.24) is 4.90 Å². The molecule has 0 fully saturated rings. The molecular weight excluding hydrogens is 416 g/mol. The van der Waals surface area contributed by atoms with Crippen LogP contribution in [-0.2, 0) is 20.8 Å². The van der Waals surface area contributed by atoms with Crippen LogP contribution in [0.15, 0.2) is 36.4 Å². The van der Waals surface area contributed by atoms with Crippen LogP contribution < -0.4 is 5.32 Å². The van der Waals surface area contributed by atoms with E-state index in [0.29, 0.717) is 16.6 Å². The van der Waals surface area contributed by atoms with E-state index in [2.05, 4.69) is 5.32 Å². The molecule has 29 heavy (non-hydrogen) atoms. The summed E-state index contributed by atoms with van der Waals surface area (Å²) in [6.45, 7) is 5.24. The van der Waals surface area contributed by atoms with Crippen molar-refractivity contribution in [2.24, 2.45) is 0 Å². The predicted octanol–water partition coefficient (Wildman–Crippen LogP) is 4.56. The number of rotatable bonds is 6. The summed E-state index contributed by atoms with van der Waals surface area (Å²) in [6.07, 6.45) is -0.631. The molecule has 1 heterocycles. The van der Waals surface area contributed by atoms with E-state index < -0.39 is 24.3 Å². The van der Waals surface area contributed by atoms with Crippen molar-refractivity contribution >= 4 is 46.6 Å². The van der Waals surface area contributed by atoms with E-state index in [1.807, 2.05) is 6.07 Å². The lowest BCUT2D eigenvalue weighted by Crippen LogP contribution is -2.30. The molecule has 1 aromatic heterocycles. The van der Waals surface area contributed by atoms with Gasteiger partial charge in [0, 0.05) is 17.6 Å². The molecule has 156 valence electrons. The van der Waals surface area contributed by atoms with E-state index in [0.717, 1.165) is 4.88 Å². The highest BCUT2D eigenvalue weighted by molar-refractivity contribution is 7.16. The summed E-state index contributed by atoms with van der Waals surface area (Å²) < 4.78 is 10.9. The number of nitrogens with one attached hydrogen (secondary N) is 1. The topological polar surface area (TPSA) is 84.9 Å². The van der Waals surface area contributed by atoms with Crippen molar-refractivity contribution in [2.75, 3.05) is 19.0 Å². The van der Waals surface area contributed by atoms with Crippen LogP contribution in [0, 0.1) is 0 Å². The average Bonchev–Trinajstić information content (AvgIpc) is 3.02. The van der Waals surface area contributed by atoms with Crippen molar-refractivity contribution in [1.29, 1.82) is 0 Å². The van der Waals surface area contributed by atoms with Crippen LogP contribution in [0.25, 0.3) is 0 Å². The molecule has 0 radical (unpaired) electrons. The maximum atomic E-state index is 12.2. The number of nitrogens with zero attached hydrogens (tertiary/aromatic N) is 1. The van der Waals surface area contributed by atoms with Gasteiger partial charge in [0.1, 0.15) is 5.60 Å². The van der Waals surface area contributed by atoms with E-state index in [1.165, 1.54) is 28.4 Å². The zero-order valence-corrected chi connectivity index (χ0v) is 18.2. The molecule has 0 aliphatic carbocycles. The van der Waals surface area contributed by atoms with E-state index >= 15 is 0 Å². The fraction of sp³-hybridized carbons (Fsp3) is 0.350. The van der Waals surface area contributed by atoms with E-state index in [4.69, 9.17) is 21.1 Å². The van der Waals surface area contributed by atoms with Crippen LogP contribution in [0.2, 0.25) is 4.34 Å². The molecule has 0 atom stereocenters. The molecule has 0 spiro atoms. The molecule has 7 nitrogen and oxygen atoms in total. The Morgan fingerprint density at radius 3 is 2.52 bits per heavy atom. The third-order valence-electron chi connectivity index (χ3n) is 3.52. The number of ether oxygens (including phenoxy) is 2. The zero-order chi connectivity index (χ0) is 21.6. The van der Waals surface area contributed by atoms with Crippen LogP contribution in [0.4, 0.5) is 10.5 Å². The van der Waals surface area contributed by atoms with E-state index in [1.54, 1.807) is 46.0 Å². The number of hydrogen-bond donors (Lipinski definition) is 1. The Kier molecular flexibility index (Phi) is 7.64. The van der Waals surface area contributed by atoms with E-state index in [9.17, 15) is 14.4 Å². The van der Waals surface area contributed by atoms with Gasteiger partial charge in [-0.05, 0) is 51.1 Å². The van der Waals surface area contributed by atoms with Crippen LogP contribution in [-0.4, -0.2) is 42.1 Å². The van der Waals surface area contributed by atoms with Gasteiger partial charge >= 0.3 is 12.1 Å². The minimum Gasteiger partial charge on any atom is -0.452 e. The maximum absolute atomic E-state index is 12.2. The number of esters is 1. The lowest BCUT2D eigenvalue weighted by atomic mass is 10.2. The quantitative estimate of drug-likeness (QED) is 0.668. The predicted molar refractivity (Wildman–Crippen MR) is 112 cm³/mol. The van der Waals surface area contributed by atoms with Gasteiger partial charge in [-0.2, -0.15) is 0 Å². The van der Waals surface area contributed by atoms with Gasteiger partial charge in [0.25, 0.3) is 5.91 Å². The highest BCUT2D eigenvalue weighted by Crippen LogP contribution is 2.22. The van der Waals surface area contributed by atoms with Gasteiger partial charge in [0.05, 0.1) is 16.4 Å². The highest BCUT2D eigenvalue weighted by Gasteiger charge is 2.18. The van der Waals surface area contributed by atoms with Crippen molar-refractivity contribution in [3.63, 3.8) is 0 Å². The number of anilines is 1. The Morgan fingerprint density at radius 2 is 1.90 bits per heavy atom. The smallest absolute Gasteiger partial charge is 0.412 e. The van der Waals surface area contributed by atoms with Gasteiger partial charge < -0.3 is 14.4 Å². The third-order valence-corrected chi connectivity index (χ3v) is 4.73. The normalized spacial score (nSPS) is 10.9. The van der Waals surface area contributed by atoms with E-state index in [-0.39, 0.29) is 11.5 Å². The van der Waals surface area contributed by atoms with Crippen LogP contribution in [0.1, 0.15) is 36.0 Å². The molecule has 0 aliphatic rings. The summed E-state index contributed by atoms with van der Waals surface area (Å²) in [4.78, 5) is 38.7. The molecule has 0 unspecified atom stereocenters. The second-order valence-electron chi connectivity index (χ2n) is 7.24. The average molecular weight is 439 g/mol. The van der Waals surface area contributed by atoms with Crippen LogP contribution in [0.3, 0.4) is 0 Å². The fourth-order valence-corrected chi connectivity index (χ4v) is 3.37. The SMILES string of the molecule is CN(Cc1ccc(Cl)s1)C(=O)COC(=O)c1cccc(NC(=O)OC(C)(C)C)c1. The summed E-state index contributed by atoms with van der Waals surface area (Å²) in [7, 11) is 1.62. The Labute approximate surface area is 178 Å². The van der Waals surface area contributed by atoms with Crippen LogP contribution >= 0.6 is 22.9 Å². The summed E-state index contributed by atoms with van der Waals surface area (Å²) in [6, 6.07) is 9.80. The summed E-state index contributed by atoms with van der Waals surface area (Å²) in [5.41, 5.74) is -0.0488. The number of carbonyl (C=O) groups is 3. The molecule has 1 aromatic carbocycles. The number of hydrogen-bond acceptors (Lipinski definition) is 6. The molecule has 2 rings (SSSR count). The number of carbonyl (C=O) groups excluding carboxylic acids is 3. The van der Waals surface area contributed by atoms with Crippen molar-refractivity contribution in [2.45, 2.75) is 32.9 Å². The van der Waals surface area contributed by atoms with Gasteiger partial charge in [-0.3, -0.25) is 10.1 Å². The van der Waals surface area contributed by atoms with Gasteiger partial charge in [-0.25, -0.2) is 9.59 Å². The first-order chi connectivity index (χ1) is 13.5. The number of thiophene rings is 1. The second kappa shape index (κ2) is 9.76. The maximum Gasteiger partial charge on any atom is 0.412 e. The zero-order valence-electron chi connectivity index (χ0n) is 16.7. The first-order valence-corrected chi connectivity index (χ1v) is 9.98. The molecule has 0 aliphatic heterocycles. The van der Waals surface area contributed by atoms with Crippen molar-refractivity contribution in [3.05, 3.63) is 51.2 Å². The molecule has 0 saturated heterocycles. The standard InChI is InChI=1S/C20H23ClN2O5S/c1-20(2,3)28-19(26)22-14-7-5-6-13(10-14)18(25)27-12-17(24)23(4)11-15-8-9-16(21)29-15/h5-10H,11-12H2,1-4H3,(H,22,26). The molecule has 2 amide bonds. The number of halogens is 1. The number of benzene rings is 1. The molecular formula is C20H23ClN2O5S. The Balaban J connectivity index is 1.88. The van der Waals surface area contributed by atoms with Gasteiger partial charge in [0.2, 0.25) is 0 Å². The largest absolute Gasteiger partial charge is 0.452 e. The minimum atomic E-state index is -0.668. The number of likely N-dealkylation sites (N-methyl/N-ethyl adjacent to an activating group) is 1. The second-order valence-corrected chi connectivity index (χ2v) is 9.04. The van der Waals surface area contributed by atoms with Crippen molar-refractivity contribution < 1.29 is 23.9 Å². The molecule has 2 aromatic rings. The molecule has 1 N–H and O–H groups in total. The van der Waals surface area contributed by atoms with Gasteiger partial charge in [-0.1, -0.05) is 17.7 Å². The summed E-state index contributed by atoms with van der Waals surface area (Å²) in [5, 5.41) is 2.55. The first kappa shape index (κ1) is 22.7. The lowest BCUT2D eigenvalue weighted by Gasteiger charge is -2.19. The Morgan fingerprint density at radius 1 is 1.17 bits per heavy atom. The number of amides is 2. The molecule has 9 heteroatoms. The molecule has 0 saturated carbocycles. The molecule has 0 bridgehead atoms. The van der Waals surface area contributed by atoms with Crippen molar-refractivity contribution in [3.8, 4) is 0 Å². The summed E-state index contributed by atoms with van der Waals surface area (Å²) in [5.74, 6) is -1.01. The van der Waals surface area contributed by atoms with Crippen LogP contribution in [0.5, 0.6) is 0 Å². The lowest BCUT2D eigenvalue weighted by molar-refractivity contribution is -0.133. The van der Waals surface area contributed by atoms with Gasteiger partial charge in [0.15, 0.2) is 6.61 Å². The highest BCUT2D eigenvalue weighted by atomic mass is 35.5. The first-order valence-electron chi connectivity index (χ1n) is 8.79. The minimum absolute atomic E-state index is 0.207. The Hall–Kier alpha value is -2.58. The fourth-order valence-electron chi connectivity index (χ4n) is 2.22. The van der Waals surface area contributed by atoms with Gasteiger partial charge in [-0.15, -0.1) is 11.3 Å². The summed E-state index contributed by atoms with van der Waals surface area (Å²) >= 11 is 7.26.